The Hall–Kier alpha value is -3.91. The van der Waals surface area contributed by atoms with Gasteiger partial charge in [-0.1, -0.05) is 13.8 Å². The van der Waals surface area contributed by atoms with Crippen LogP contribution in [0.5, 0.6) is 0 Å². The number of fused-ring (bicyclic) bond motifs is 1. The van der Waals surface area contributed by atoms with Crippen molar-refractivity contribution in [1.29, 1.82) is 0 Å². The van der Waals surface area contributed by atoms with E-state index in [1.807, 2.05) is 97.4 Å². The van der Waals surface area contributed by atoms with Crippen molar-refractivity contribution >= 4 is 28.5 Å². The van der Waals surface area contributed by atoms with Gasteiger partial charge >= 0.3 is 0 Å². The molecule has 0 saturated carbocycles. The predicted octanol–water partition coefficient (Wildman–Crippen LogP) is 3.92. The van der Waals surface area contributed by atoms with E-state index in [1.54, 1.807) is 0 Å². The second kappa shape index (κ2) is 9.99. The predicted molar refractivity (Wildman–Crippen MR) is 141 cm³/mol. The first-order valence-corrected chi connectivity index (χ1v) is 12.4. The summed E-state index contributed by atoms with van der Waals surface area (Å²) in [6.07, 6.45) is 3.94. The molecule has 3 heterocycles. The highest BCUT2D eigenvalue weighted by molar-refractivity contribution is 6.05. The molecule has 0 atom stereocenters. The van der Waals surface area contributed by atoms with E-state index in [4.69, 9.17) is 4.98 Å². The number of anilines is 1. The molecule has 1 aliphatic rings. The molecule has 0 radical (unpaired) electrons. The summed E-state index contributed by atoms with van der Waals surface area (Å²) >= 11 is 0. The largest absolute Gasteiger partial charge is 0.340 e. The Morgan fingerprint density at radius 2 is 1.67 bits per heavy atom. The third-order valence-electron chi connectivity index (χ3n) is 6.81. The number of aryl methyl sites for hydroxylation is 1. The molecule has 8 nitrogen and oxygen atoms in total. The van der Waals surface area contributed by atoms with E-state index in [0.717, 1.165) is 55.3 Å². The molecule has 4 aromatic rings. The minimum Gasteiger partial charge on any atom is -0.340 e. The Morgan fingerprint density at radius 3 is 2.33 bits per heavy atom. The first-order valence-electron chi connectivity index (χ1n) is 12.4. The van der Waals surface area contributed by atoms with Crippen molar-refractivity contribution < 1.29 is 9.59 Å². The third-order valence-corrected chi connectivity index (χ3v) is 6.81. The van der Waals surface area contributed by atoms with Crippen LogP contribution in [0, 0.1) is 5.92 Å². The summed E-state index contributed by atoms with van der Waals surface area (Å²) < 4.78 is 4.10. The van der Waals surface area contributed by atoms with Crippen LogP contribution in [-0.2, 0) is 18.4 Å². The number of nitrogens with one attached hydrogen (secondary N) is 1. The Balaban J connectivity index is 1.24. The van der Waals surface area contributed by atoms with E-state index in [9.17, 15) is 9.59 Å². The average molecular weight is 485 g/mol. The second-order valence-electron chi connectivity index (χ2n) is 9.64. The van der Waals surface area contributed by atoms with E-state index < -0.39 is 0 Å². The van der Waals surface area contributed by atoms with Crippen LogP contribution < -0.4 is 5.32 Å². The van der Waals surface area contributed by atoms with Gasteiger partial charge in [0.05, 0.1) is 17.6 Å². The summed E-state index contributed by atoms with van der Waals surface area (Å²) in [5.41, 5.74) is 4.19. The zero-order chi connectivity index (χ0) is 25.2. The first-order chi connectivity index (χ1) is 17.4. The number of benzene rings is 2. The molecule has 8 heteroatoms. The highest BCUT2D eigenvalue weighted by Crippen LogP contribution is 2.22. The lowest BCUT2D eigenvalue weighted by Crippen LogP contribution is -2.49. The number of amides is 2. The van der Waals surface area contributed by atoms with Gasteiger partial charge in [-0.15, -0.1) is 0 Å². The molecule has 0 unspecified atom stereocenters. The summed E-state index contributed by atoms with van der Waals surface area (Å²) in [5, 5.41) is 3.00. The minimum absolute atomic E-state index is 0.0372. The smallest absolute Gasteiger partial charge is 0.255 e. The number of hydrogen-bond acceptors (Lipinski definition) is 4. The van der Waals surface area contributed by atoms with Crippen LogP contribution >= 0.6 is 0 Å². The van der Waals surface area contributed by atoms with Gasteiger partial charge < -0.3 is 19.4 Å². The molecular formula is C28H32N6O2. The van der Waals surface area contributed by atoms with Crippen molar-refractivity contribution in [1.82, 2.24) is 23.9 Å². The molecule has 2 amide bonds. The summed E-state index contributed by atoms with van der Waals surface area (Å²) in [6.45, 7) is 7.81. The zero-order valence-electron chi connectivity index (χ0n) is 21.0. The SMILES string of the molecule is CC(C)C(=O)N1CCN(Cc2nc3cc(NC(=O)c4ccc(-n5cccc5)cc4)ccc3n2C)CC1. The maximum absolute atomic E-state index is 12.8. The number of aromatic nitrogens is 3. The van der Waals surface area contributed by atoms with E-state index in [-0.39, 0.29) is 17.7 Å². The summed E-state index contributed by atoms with van der Waals surface area (Å²) in [4.78, 5) is 34.2. The molecule has 2 aromatic heterocycles. The first kappa shape index (κ1) is 23.8. The summed E-state index contributed by atoms with van der Waals surface area (Å²) in [7, 11) is 2.02. The van der Waals surface area contributed by atoms with Crippen molar-refractivity contribution in [3.8, 4) is 5.69 Å². The molecule has 1 N–H and O–H groups in total. The standard InChI is InChI=1S/C28H32N6O2/c1-20(2)28(36)34-16-14-32(15-17-34)19-26-30-24-18-22(8-11-25(24)31(26)3)29-27(35)21-6-9-23(10-7-21)33-12-4-5-13-33/h4-13,18,20H,14-17,19H2,1-3H3,(H,29,35). The second-order valence-corrected chi connectivity index (χ2v) is 9.64. The number of carbonyl (C=O) groups excluding carboxylic acids is 2. The fourth-order valence-corrected chi connectivity index (χ4v) is 4.66. The lowest BCUT2D eigenvalue weighted by Gasteiger charge is -2.35. The number of hydrogen-bond donors (Lipinski definition) is 1. The van der Waals surface area contributed by atoms with E-state index in [0.29, 0.717) is 11.3 Å². The molecular weight excluding hydrogens is 452 g/mol. The van der Waals surface area contributed by atoms with E-state index in [1.165, 1.54) is 0 Å². The van der Waals surface area contributed by atoms with E-state index >= 15 is 0 Å². The van der Waals surface area contributed by atoms with Gasteiger partial charge in [0.15, 0.2) is 0 Å². The Kier molecular flexibility index (Phi) is 6.61. The van der Waals surface area contributed by atoms with Crippen molar-refractivity contribution in [2.24, 2.45) is 13.0 Å². The van der Waals surface area contributed by atoms with Gasteiger partial charge in [0.2, 0.25) is 5.91 Å². The van der Waals surface area contributed by atoms with Crippen LogP contribution in [0.25, 0.3) is 16.7 Å². The monoisotopic (exact) mass is 484 g/mol. The normalized spacial score (nSPS) is 14.5. The van der Waals surface area contributed by atoms with Crippen LogP contribution in [-0.4, -0.2) is 61.9 Å². The average Bonchev–Trinajstić information content (AvgIpc) is 3.53. The fourth-order valence-electron chi connectivity index (χ4n) is 4.66. The molecule has 1 fully saturated rings. The van der Waals surface area contributed by atoms with Crippen LogP contribution in [0.3, 0.4) is 0 Å². The lowest BCUT2D eigenvalue weighted by molar-refractivity contribution is -0.136. The Morgan fingerprint density at radius 1 is 0.972 bits per heavy atom. The number of imidazole rings is 1. The van der Waals surface area contributed by atoms with Crippen LogP contribution in [0.2, 0.25) is 0 Å². The molecule has 0 spiro atoms. The van der Waals surface area contributed by atoms with Gasteiger partial charge in [0, 0.05) is 68.5 Å². The minimum atomic E-state index is -0.154. The van der Waals surface area contributed by atoms with Crippen molar-refractivity contribution in [2.75, 3.05) is 31.5 Å². The Labute approximate surface area is 211 Å². The van der Waals surface area contributed by atoms with Gasteiger partial charge in [0.25, 0.3) is 5.91 Å². The van der Waals surface area contributed by atoms with Gasteiger partial charge in [-0.05, 0) is 54.6 Å². The highest BCUT2D eigenvalue weighted by Gasteiger charge is 2.24. The summed E-state index contributed by atoms with van der Waals surface area (Å²) in [5.74, 6) is 1.08. The number of nitrogens with zero attached hydrogens (tertiary/aromatic N) is 5. The highest BCUT2D eigenvalue weighted by atomic mass is 16.2. The van der Waals surface area contributed by atoms with Crippen molar-refractivity contribution in [2.45, 2.75) is 20.4 Å². The van der Waals surface area contributed by atoms with Crippen LogP contribution in [0.4, 0.5) is 5.69 Å². The number of rotatable bonds is 6. The maximum Gasteiger partial charge on any atom is 0.255 e. The van der Waals surface area contributed by atoms with Gasteiger partial charge in [-0.2, -0.15) is 0 Å². The van der Waals surface area contributed by atoms with Crippen LogP contribution in [0.15, 0.2) is 67.0 Å². The van der Waals surface area contributed by atoms with Gasteiger partial charge in [0.1, 0.15) is 5.82 Å². The number of piperazine rings is 1. The van der Waals surface area contributed by atoms with Crippen LogP contribution in [0.1, 0.15) is 30.0 Å². The summed E-state index contributed by atoms with van der Waals surface area (Å²) in [6, 6.07) is 17.3. The van der Waals surface area contributed by atoms with Crippen molar-refractivity contribution in [3.63, 3.8) is 0 Å². The zero-order valence-corrected chi connectivity index (χ0v) is 21.0. The maximum atomic E-state index is 12.8. The molecule has 1 saturated heterocycles. The molecule has 186 valence electrons. The molecule has 0 bridgehead atoms. The molecule has 2 aromatic carbocycles. The quantitative estimate of drug-likeness (QED) is 0.450. The third kappa shape index (κ3) is 4.90. The Bertz CT molecular complexity index is 1360. The molecule has 36 heavy (non-hydrogen) atoms. The van der Waals surface area contributed by atoms with Crippen molar-refractivity contribution in [3.05, 3.63) is 78.4 Å². The van der Waals surface area contributed by atoms with Gasteiger partial charge in [-0.25, -0.2) is 4.98 Å². The molecule has 5 rings (SSSR count). The van der Waals surface area contributed by atoms with E-state index in [2.05, 4.69) is 14.8 Å². The molecule has 0 aliphatic carbocycles. The fraction of sp³-hybridized carbons (Fsp3) is 0.321. The lowest BCUT2D eigenvalue weighted by atomic mass is 10.1. The van der Waals surface area contributed by atoms with Gasteiger partial charge in [-0.3, -0.25) is 14.5 Å². The number of carbonyl (C=O) groups is 2. The topological polar surface area (TPSA) is 75.4 Å². The molecule has 1 aliphatic heterocycles.